The number of likely N-dealkylation sites (N-methyl/N-ethyl adjacent to an activating group) is 1. The molecule has 2 rings (SSSR count). The monoisotopic (exact) mass is 215 g/mol. The zero-order valence-corrected chi connectivity index (χ0v) is 9.21. The van der Waals surface area contributed by atoms with Gasteiger partial charge in [-0.25, -0.2) is 0 Å². The van der Waals surface area contributed by atoms with Crippen LogP contribution in [0.1, 0.15) is 22.1 Å². The minimum Gasteiger partial charge on any atom is -0.372 e. The molecule has 4 heteroatoms. The third kappa shape index (κ3) is 1.58. The van der Waals surface area contributed by atoms with Crippen molar-refractivity contribution in [2.75, 3.05) is 20.2 Å². The van der Waals surface area contributed by atoms with Gasteiger partial charge in [0.1, 0.15) is 0 Å². The van der Waals surface area contributed by atoms with Crippen LogP contribution in [0.2, 0.25) is 0 Å². The molecule has 0 unspecified atom stereocenters. The van der Waals surface area contributed by atoms with E-state index in [2.05, 4.69) is 5.32 Å². The van der Waals surface area contributed by atoms with E-state index in [1.807, 2.05) is 14.0 Å². The Hall–Kier alpha value is -0.450. The van der Waals surface area contributed by atoms with Crippen molar-refractivity contribution in [2.24, 2.45) is 0 Å². The van der Waals surface area contributed by atoms with Gasteiger partial charge in [0.2, 0.25) is 0 Å². The second-order valence-corrected chi connectivity index (χ2v) is 4.56. The molecule has 1 atom stereocenters. The van der Waals surface area contributed by atoms with E-state index in [0.29, 0.717) is 6.61 Å². The molecule has 14 heavy (non-hydrogen) atoms. The second-order valence-electron chi connectivity index (χ2n) is 3.50. The Morgan fingerprint density at radius 1 is 1.64 bits per heavy atom. The van der Waals surface area contributed by atoms with Crippen LogP contribution in [0.25, 0.3) is 0 Å². The lowest BCUT2D eigenvalue weighted by Gasteiger charge is -2.23. The molecular formula is C10H14FNOS. The van der Waals surface area contributed by atoms with Crippen LogP contribution < -0.4 is 5.32 Å². The smallest absolute Gasteiger partial charge is 0.179 e. The largest absolute Gasteiger partial charge is 0.372 e. The Kier molecular flexibility index (Phi) is 2.85. The van der Waals surface area contributed by atoms with Gasteiger partial charge in [-0.1, -0.05) is 0 Å². The normalized spacial score (nSPS) is 20.9. The van der Waals surface area contributed by atoms with Crippen LogP contribution in [0.15, 0.2) is 0 Å². The van der Waals surface area contributed by atoms with Crippen LogP contribution in [0, 0.1) is 12.1 Å². The molecule has 78 valence electrons. The number of fused-ring (bicyclic) bond motifs is 1. The first kappa shape index (κ1) is 10.1. The Balaban J connectivity index is 2.36. The highest BCUT2D eigenvalue weighted by atomic mass is 32.1. The molecule has 0 saturated heterocycles. The third-order valence-corrected chi connectivity index (χ3v) is 3.73. The molecule has 1 aliphatic rings. The maximum atomic E-state index is 13.4. The maximum absolute atomic E-state index is 13.4. The van der Waals surface area contributed by atoms with E-state index in [1.54, 1.807) is 0 Å². The molecule has 2 nitrogen and oxygen atoms in total. The van der Waals surface area contributed by atoms with Gasteiger partial charge in [-0.15, -0.1) is 11.3 Å². The molecule has 0 saturated carbocycles. The van der Waals surface area contributed by atoms with Gasteiger partial charge >= 0.3 is 0 Å². The highest BCUT2D eigenvalue weighted by molar-refractivity contribution is 7.10. The van der Waals surface area contributed by atoms with E-state index in [4.69, 9.17) is 4.74 Å². The van der Waals surface area contributed by atoms with Gasteiger partial charge in [0.25, 0.3) is 0 Å². The Bertz CT molecular complexity index is 337. The minimum absolute atomic E-state index is 0.0319. The summed E-state index contributed by atoms with van der Waals surface area (Å²) in [5, 5.41) is 3.02. The molecule has 0 fully saturated rings. The standard InChI is InChI=1S/C10H14FNOS/c1-6-9-7(5-12-2)13-4-3-8(9)14-10(6)11/h7,12H,3-5H2,1-2H3/t7-/m0/s1. The molecule has 0 amide bonds. The summed E-state index contributed by atoms with van der Waals surface area (Å²) in [6, 6.07) is 0. The van der Waals surface area contributed by atoms with Crippen molar-refractivity contribution >= 4 is 11.3 Å². The molecule has 1 N–H and O–H groups in total. The molecule has 1 aliphatic heterocycles. The Morgan fingerprint density at radius 3 is 3.14 bits per heavy atom. The number of nitrogens with one attached hydrogen (secondary N) is 1. The minimum atomic E-state index is -0.0541. The number of halogens is 1. The summed E-state index contributed by atoms with van der Waals surface area (Å²) in [6.45, 7) is 3.30. The van der Waals surface area contributed by atoms with Gasteiger partial charge in [0, 0.05) is 29.0 Å². The van der Waals surface area contributed by atoms with Gasteiger partial charge in [-0.2, -0.15) is 4.39 Å². The van der Waals surface area contributed by atoms with Crippen LogP contribution in [-0.2, 0) is 11.2 Å². The van der Waals surface area contributed by atoms with Crippen LogP contribution in [0.3, 0.4) is 0 Å². The predicted octanol–water partition coefficient (Wildman–Crippen LogP) is 2.03. The summed E-state index contributed by atoms with van der Waals surface area (Å²) >= 11 is 1.27. The van der Waals surface area contributed by atoms with Crippen LogP contribution in [0.4, 0.5) is 4.39 Å². The number of thiophene rings is 1. The fraction of sp³-hybridized carbons (Fsp3) is 0.600. The summed E-state index contributed by atoms with van der Waals surface area (Å²) in [5.41, 5.74) is 1.85. The van der Waals surface area contributed by atoms with Crippen LogP contribution in [0.5, 0.6) is 0 Å². The molecule has 0 radical (unpaired) electrons. The first-order valence-corrected chi connectivity index (χ1v) is 5.59. The molecule has 2 heterocycles. The average Bonchev–Trinajstić information content (AvgIpc) is 2.45. The van der Waals surface area contributed by atoms with Crippen molar-refractivity contribution in [2.45, 2.75) is 19.4 Å². The van der Waals surface area contributed by atoms with Crippen molar-refractivity contribution in [1.29, 1.82) is 0 Å². The van der Waals surface area contributed by atoms with E-state index in [9.17, 15) is 4.39 Å². The molecule has 0 aliphatic carbocycles. The van der Waals surface area contributed by atoms with Crippen molar-refractivity contribution in [1.82, 2.24) is 5.32 Å². The first-order valence-electron chi connectivity index (χ1n) is 4.78. The molecule has 0 aromatic carbocycles. The van der Waals surface area contributed by atoms with Gasteiger partial charge in [0.05, 0.1) is 12.7 Å². The Labute approximate surface area is 87.1 Å². The summed E-state index contributed by atoms with van der Waals surface area (Å²) in [6.07, 6.45) is 0.884. The van der Waals surface area contributed by atoms with Gasteiger partial charge in [-0.05, 0) is 14.0 Å². The summed E-state index contributed by atoms with van der Waals surface area (Å²) < 4.78 is 19.0. The fourth-order valence-corrected chi connectivity index (χ4v) is 2.94. The first-order chi connectivity index (χ1) is 6.74. The van der Waals surface area contributed by atoms with E-state index < -0.39 is 0 Å². The van der Waals surface area contributed by atoms with Gasteiger partial charge in [-0.3, -0.25) is 0 Å². The lowest BCUT2D eigenvalue weighted by Crippen LogP contribution is -2.24. The number of rotatable bonds is 2. The topological polar surface area (TPSA) is 21.3 Å². The maximum Gasteiger partial charge on any atom is 0.179 e. The SMILES string of the molecule is CNC[C@@H]1OCCc2sc(F)c(C)c21. The molecule has 1 aromatic rings. The van der Waals surface area contributed by atoms with Gasteiger partial charge < -0.3 is 10.1 Å². The lowest BCUT2D eigenvalue weighted by molar-refractivity contribution is 0.0445. The zero-order chi connectivity index (χ0) is 10.1. The summed E-state index contributed by atoms with van der Waals surface area (Å²) in [4.78, 5) is 1.16. The second kappa shape index (κ2) is 3.96. The van der Waals surface area contributed by atoms with E-state index in [1.165, 1.54) is 11.3 Å². The number of hydrogen-bond acceptors (Lipinski definition) is 3. The van der Waals surface area contributed by atoms with Crippen LogP contribution >= 0.6 is 11.3 Å². The molecule has 1 aromatic heterocycles. The summed E-state index contributed by atoms with van der Waals surface area (Å²) in [7, 11) is 1.88. The summed E-state index contributed by atoms with van der Waals surface area (Å²) in [5.74, 6) is 0. The van der Waals surface area contributed by atoms with E-state index in [-0.39, 0.29) is 11.2 Å². The number of hydrogen-bond donors (Lipinski definition) is 1. The fourth-order valence-electron chi connectivity index (χ4n) is 1.89. The average molecular weight is 215 g/mol. The molecular weight excluding hydrogens is 201 g/mol. The van der Waals surface area contributed by atoms with E-state index in [0.717, 1.165) is 29.0 Å². The predicted molar refractivity (Wildman–Crippen MR) is 55.3 cm³/mol. The van der Waals surface area contributed by atoms with Crippen molar-refractivity contribution in [3.05, 3.63) is 21.1 Å². The molecule has 0 spiro atoms. The molecule has 0 bridgehead atoms. The zero-order valence-electron chi connectivity index (χ0n) is 8.39. The van der Waals surface area contributed by atoms with Crippen LogP contribution in [-0.4, -0.2) is 20.2 Å². The van der Waals surface area contributed by atoms with Crippen molar-refractivity contribution in [3.63, 3.8) is 0 Å². The highest BCUT2D eigenvalue weighted by Crippen LogP contribution is 2.36. The van der Waals surface area contributed by atoms with E-state index >= 15 is 0 Å². The number of ether oxygens (including phenoxy) is 1. The quantitative estimate of drug-likeness (QED) is 0.815. The van der Waals surface area contributed by atoms with Crippen molar-refractivity contribution in [3.8, 4) is 0 Å². The Morgan fingerprint density at radius 2 is 2.43 bits per heavy atom. The van der Waals surface area contributed by atoms with Crippen molar-refractivity contribution < 1.29 is 9.13 Å². The third-order valence-electron chi connectivity index (χ3n) is 2.57. The lowest BCUT2D eigenvalue weighted by atomic mass is 10.0. The highest BCUT2D eigenvalue weighted by Gasteiger charge is 2.26. The van der Waals surface area contributed by atoms with Gasteiger partial charge in [0.15, 0.2) is 5.13 Å².